The Bertz CT molecular complexity index is 1280. The highest BCUT2D eigenvalue weighted by atomic mass is 35.5. The van der Waals surface area contributed by atoms with Gasteiger partial charge in [0.1, 0.15) is 10.6 Å². The number of aryl methyl sites for hydroxylation is 2. The van der Waals surface area contributed by atoms with E-state index in [4.69, 9.17) is 32.6 Å². The molecule has 1 aromatic carbocycles. The number of nitrogens with zero attached hydrogens (tertiary/aromatic N) is 2. The van der Waals surface area contributed by atoms with Crippen molar-refractivity contribution in [2.45, 2.75) is 43.1 Å². The molecule has 0 spiro atoms. The first kappa shape index (κ1) is 20.2. The van der Waals surface area contributed by atoms with Gasteiger partial charge < -0.3 is 4.42 Å². The van der Waals surface area contributed by atoms with E-state index in [0.29, 0.717) is 27.5 Å². The molecular formula is C22H18Cl2N2O2S2. The van der Waals surface area contributed by atoms with Gasteiger partial charge in [-0.1, -0.05) is 41.0 Å². The number of halogens is 2. The van der Waals surface area contributed by atoms with E-state index in [1.165, 1.54) is 28.6 Å². The molecule has 30 heavy (non-hydrogen) atoms. The first-order valence-corrected chi connectivity index (χ1v) is 12.3. The van der Waals surface area contributed by atoms with E-state index in [9.17, 15) is 4.79 Å². The standard InChI is InChI=1S/C22H18Cl2N2O2S2/c23-14-8-7-13(17(24)10-14)12-29-22-25-20-19(16-5-1-2-6-18(16)30-20)21(27)26(22)11-15-4-3-9-28-15/h3-4,7-10H,1-2,5-6,11-12H2. The number of hydrogen-bond acceptors (Lipinski definition) is 5. The van der Waals surface area contributed by atoms with E-state index in [2.05, 4.69) is 0 Å². The molecule has 1 aliphatic carbocycles. The lowest BCUT2D eigenvalue weighted by Gasteiger charge is -2.13. The lowest BCUT2D eigenvalue weighted by molar-refractivity contribution is 0.476. The second kappa shape index (κ2) is 8.42. The fourth-order valence-electron chi connectivity index (χ4n) is 3.81. The molecule has 3 heterocycles. The number of furan rings is 1. The van der Waals surface area contributed by atoms with E-state index in [0.717, 1.165) is 40.8 Å². The summed E-state index contributed by atoms with van der Waals surface area (Å²) in [5.74, 6) is 1.32. The van der Waals surface area contributed by atoms with Gasteiger partial charge in [-0.25, -0.2) is 4.98 Å². The van der Waals surface area contributed by atoms with E-state index < -0.39 is 0 Å². The van der Waals surface area contributed by atoms with Crippen molar-refractivity contribution in [3.8, 4) is 0 Å². The molecule has 154 valence electrons. The predicted molar refractivity (Wildman–Crippen MR) is 124 cm³/mol. The second-order valence-corrected chi connectivity index (χ2v) is 10.2. The van der Waals surface area contributed by atoms with Crippen LogP contribution in [0.5, 0.6) is 0 Å². The molecular weight excluding hydrogens is 459 g/mol. The van der Waals surface area contributed by atoms with Crippen LogP contribution in [0.2, 0.25) is 10.0 Å². The van der Waals surface area contributed by atoms with Crippen LogP contribution < -0.4 is 5.56 Å². The maximum Gasteiger partial charge on any atom is 0.263 e. The van der Waals surface area contributed by atoms with Gasteiger partial charge in [0, 0.05) is 20.7 Å². The van der Waals surface area contributed by atoms with Crippen molar-refractivity contribution in [3.63, 3.8) is 0 Å². The van der Waals surface area contributed by atoms with Crippen molar-refractivity contribution < 1.29 is 4.42 Å². The van der Waals surface area contributed by atoms with Crippen molar-refractivity contribution in [1.29, 1.82) is 0 Å². The predicted octanol–water partition coefficient (Wildman–Crippen LogP) is 6.58. The molecule has 0 amide bonds. The van der Waals surface area contributed by atoms with Crippen molar-refractivity contribution in [1.82, 2.24) is 9.55 Å². The summed E-state index contributed by atoms with van der Waals surface area (Å²) in [6, 6.07) is 9.18. The zero-order valence-corrected chi connectivity index (χ0v) is 19.1. The Hall–Kier alpha value is -1.73. The molecule has 0 aliphatic heterocycles. The Balaban J connectivity index is 1.59. The van der Waals surface area contributed by atoms with Crippen molar-refractivity contribution in [2.75, 3.05) is 0 Å². The summed E-state index contributed by atoms with van der Waals surface area (Å²) >= 11 is 15.5. The Morgan fingerprint density at radius 3 is 2.87 bits per heavy atom. The Labute approximate surface area is 191 Å². The zero-order valence-electron chi connectivity index (χ0n) is 16.0. The Morgan fingerprint density at radius 1 is 1.20 bits per heavy atom. The summed E-state index contributed by atoms with van der Waals surface area (Å²) in [7, 11) is 0. The van der Waals surface area contributed by atoms with Crippen LogP contribution in [0.1, 0.15) is 34.6 Å². The monoisotopic (exact) mass is 476 g/mol. The van der Waals surface area contributed by atoms with Crippen molar-refractivity contribution >= 4 is 56.5 Å². The molecule has 3 aromatic heterocycles. The normalized spacial score (nSPS) is 13.7. The lowest BCUT2D eigenvalue weighted by atomic mass is 9.97. The third kappa shape index (κ3) is 3.82. The van der Waals surface area contributed by atoms with Crippen molar-refractivity contribution in [2.24, 2.45) is 0 Å². The van der Waals surface area contributed by atoms with Crippen LogP contribution >= 0.6 is 46.3 Å². The molecule has 0 bridgehead atoms. The van der Waals surface area contributed by atoms with Crippen LogP contribution in [0.25, 0.3) is 10.2 Å². The Morgan fingerprint density at radius 2 is 2.07 bits per heavy atom. The molecule has 0 saturated heterocycles. The molecule has 0 N–H and O–H groups in total. The molecule has 5 rings (SSSR count). The Kier molecular flexibility index (Phi) is 5.67. The van der Waals surface area contributed by atoms with Gasteiger partial charge in [-0.3, -0.25) is 9.36 Å². The molecule has 0 atom stereocenters. The highest BCUT2D eigenvalue weighted by Crippen LogP contribution is 2.35. The minimum atomic E-state index is 0.0144. The molecule has 0 unspecified atom stereocenters. The topological polar surface area (TPSA) is 48.0 Å². The second-order valence-electron chi connectivity index (χ2n) is 7.28. The van der Waals surface area contributed by atoms with E-state index in [1.807, 2.05) is 24.3 Å². The van der Waals surface area contributed by atoms with Gasteiger partial charge in [-0.05, 0) is 61.1 Å². The fourth-order valence-corrected chi connectivity index (χ4v) is 6.67. The summed E-state index contributed by atoms with van der Waals surface area (Å²) in [6.45, 7) is 0.357. The summed E-state index contributed by atoms with van der Waals surface area (Å²) in [5, 5.41) is 2.68. The largest absolute Gasteiger partial charge is 0.467 e. The number of thiophene rings is 1. The van der Waals surface area contributed by atoms with Crippen LogP contribution in [-0.2, 0) is 25.1 Å². The van der Waals surface area contributed by atoms with Crippen LogP contribution in [0, 0.1) is 0 Å². The molecule has 4 nitrogen and oxygen atoms in total. The minimum absolute atomic E-state index is 0.0144. The summed E-state index contributed by atoms with van der Waals surface area (Å²) in [6.07, 6.45) is 5.93. The maximum atomic E-state index is 13.6. The first-order valence-electron chi connectivity index (χ1n) is 9.74. The van der Waals surface area contributed by atoms with Gasteiger partial charge in [0.15, 0.2) is 5.16 Å². The summed E-state index contributed by atoms with van der Waals surface area (Å²) < 4.78 is 7.25. The molecule has 8 heteroatoms. The third-order valence-electron chi connectivity index (χ3n) is 5.31. The quantitative estimate of drug-likeness (QED) is 0.241. The van der Waals surface area contributed by atoms with E-state index >= 15 is 0 Å². The number of thioether (sulfide) groups is 1. The molecule has 0 saturated carbocycles. The van der Waals surface area contributed by atoms with E-state index in [1.54, 1.807) is 28.2 Å². The average molecular weight is 477 g/mol. The van der Waals surface area contributed by atoms with Crippen molar-refractivity contribution in [3.05, 3.63) is 78.8 Å². The number of hydrogen-bond donors (Lipinski definition) is 0. The van der Waals surface area contributed by atoms with E-state index in [-0.39, 0.29) is 5.56 Å². The third-order valence-corrected chi connectivity index (χ3v) is 8.10. The number of benzene rings is 1. The fraction of sp³-hybridized carbons (Fsp3) is 0.273. The SMILES string of the molecule is O=c1c2c3c(sc2nc(SCc2ccc(Cl)cc2Cl)n1Cc1ccco1)CCCC3. The molecule has 0 radical (unpaired) electrons. The van der Waals surface area contributed by atoms with Crippen LogP contribution in [0.4, 0.5) is 0 Å². The number of rotatable bonds is 5. The summed E-state index contributed by atoms with van der Waals surface area (Å²) in [4.78, 5) is 20.6. The van der Waals surface area contributed by atoms with Crippen LogP contribution in [-0.4, -0.2) is 9.55 Å². The van der Waals surface area contributed by atoms with Gasteiger partial charge in [0.2, 0.25) is 0 Å². The lowest BCUT2D eigenvalue weighted by Crippen LogP contribution is -2.24. The zero-order chi connectivity index (χ0) is 20.7. The van der Waals surface area contributed by atoms with Crippen LogP contribution in [0.15, 0.2) is 51.0 Å². The first-order chi connectivity index (χ1) is 14.6. The van der Waals surface area contributed by atoms with Gasteiger partial charge in [-0.2, -0.15) is 0 Å². The van der Waals surface area contributed by atoms with Gasteiger partial charge in [0.05, 0.1) is 18.2 Å². The summed E-state index contributed by atoms with van der Waals surface area (Å²) in [5.41, 5.74) is 2.17. The molecule has 0 fully saturated rings. The smallest absolute Gasteiger partial charge is 0.263 e. The number of fused-ring (bicyclic) bond motifs is 3. The highest BCUT2D eigenvalue weighted by Gasteiger charge is 2.22. The maximum absolute atomic E-state index is 13.6. The van der Waals surface area contributed by atoms with Crippen LogP contribution in [0.3, 0.4) is 0 Å². The molecule has 4 aromatic rings. The minimum Gasteiger partial charge on any atom is -0.467 e. The van der Waals surface area contributed by atoms with Gasteiger partial charge >= 0.3 is 0 Å². The average Bonchev–Trinajstić information content (AvgIpc) is 3.37. The highest BCUT2D eigenvalue weighted by molar-refractivity contribution is 7.98. The number of aromatic nitrogens is 2. The van der Waals surface area contributed by atoms with Gasteiger partial charge in [0.25, 0.3) is 5.56 Å². The molecule has 1 aliphatic rings. The van der Waals surface area contributed by atoms with Gasteiger partial charge in [-0.15, -0.1) is 11.3 Å².